The van der Waals surface area contributed by atoms with Crippen LogP contribution in [0.2, 0.25) is 0 Å². The van der Waals surface area contributed by atoms with Crippen molar-refractivity contribution in [2.24, 2.45) is 0 Å². The van der Waals surface area contributed by atoms with Crippen LogP contribution in [0.5, 0.6) is 0 Å². The van der Waals surface area contributed by atoms with Crippen molar-refractivity contribution in [3.8, 4) is 11.1 Å². The monoisotopic (exact) mass is 590 g/mol. The van der Waals surface area contributed by atoms with Crippen LogP contribution in [0.25, 0.3) is 11.1 Å². The molecule has 3 heterocycles. The van der Waals surface area contributed by atoms with Gasteiger partial charge < -0.3 is 24.8 Å². The molecule has 42 heavy (non-hydrogen) atoms. The molecule has 2 atom stereocenters. The van der Waals surface area contributed by atoms with Gasteiger partial charge in [0.15, 0.2) is 0 Å². The molecule has 13 heteroatoms. The third-order valence-electron chi connectivity index (χ3n) is 7.74. The molecule has 8 nitrogen and oxygen atoms in total. The second-order valence-corrected chi connectivity index (χ2v) is 10.7. The summed E-state index contributed by atoms with van der Waals surface area (Å²) in [5.41, 5.74) is -1.34. The van der Waals surface area contributed by atoms with E-state index in [-0.39, 0.29) is 29.4 Å². The Morgan fingerprint density at radius 1 is 1.02 bits per heavy atom. The van der Waals surface area contributed by atoms with Crippen LogP contribution in [0, 0.1) is 11.6 Å². The Bertz CT molecular complexity index is 1450. The summed E-state index contributed by atoms with van der Waals surface area (Å²) in [4.78, 5) is 28.0. The van der Waals surface area contributed by atoms with Crippen LogP contribution in [-0.4, -0.2) is 79.3 Å². The van der Waals surface area contributed by atoms with Crippen molar-refractivity contribution in [3.05, 3.63) is 65.5 Å². The molecule has 5 rings (SSSR count). The number of benzene rings is 2. The van der Waals surface area contributed by atoms with E-state index in [2.05, 4.69) is 20.2 Å². The Balaban J connectivity index is 1.53. The maximum atomic E-state index is 15.7. The van der Waals surface area contributed by atoms with E-state index in [1.165, 1.54) is 24.5 Å². The van der Waals surface area contributed by atoms with Crippen LogP contribution in [-0.2, 0) is 10.9 Å². The Kier molecular flexibility index (Phi) is 8.33. The molecule has 1 aromatic heterocycles. The van der Waals surface area contributed by atoms with Gasteiger partial charge in [0.2, 0.25) is 5.95 Å². The predicted octanol–water partition coefficient (Wildman–Crippen LogP) is 5.06. The smallest absolute Gasteiger partial charge is 0.377 e. The van der Waals surface area contributed by atoms with E-state index >= 15 is 4.39 Å². The van der Waals surface area contributed by atoms with Crippen LogP contribution >= 0.6 is 0 Å². The van der Waals surface area contributed by atoms with Gasteiger partial charge in [0.05, 0.1) is 41.8 Å². The van der Waals surface area contributed by atoms with Gasteiger partial charge in [-0.1, -0.05) is 0 Å². The Morgan fingerprint density at radius 3 is 2.43 bits per heavy atom. The zero-order valence-electron chi connectivity index (χ0n) is 23.4. The number of halogens is 5. The molecule has 0 aliphatic carbocycles. The molecule has 1 N–H and O–H groups in total. The fourth-order valence-corrected chi connectivity index (χ4v) is 5.18. The second kappa shape index (κ2) is 11.8. The van der Waals surface area contributed by atoms with Crippen LogP contribution < -0.4 is 15.1 Å². The number of carbonyl (C=O) groups excluding carboxylic acids is 1. The third kappa shape index (κ3) is 6.16. The van der Waals surface area contributed by atoms with Gasteiger partial charge in [-0.05, 0) is 51.2 Å². The van der Waals surface area contributed by atoms with Gasteiger partial charge in [-0.3, -0.25) is 4.79 Å². The van der Waals surface area contributed by atoms with E-state index in [0.29, 0.717) is 56.6 Å². The average Bonchev–Trinajstić information content (AvgIpc) is 2.95. The summed E-state index contributed by atoms with van der Waals surface area (Å²) in [7, 11) is 1.96. The number of carbonyl (C=O) groups is 1. The highest BCUT2D eigenvalue weighted by atomic mass is 19.4. The molecule has 0 radical (unpaired) electrons. The topological polar surface area (TPSA) is 73.8 Å². The highest BCUT2D eigenvalue weighted by molar-refractivity contribution is 6.07. The van der Waals surface area contributed by atoms with Crippen LogP contribution in [0.3, 0.4) is 0 Å². The van der Waals surface area contributed by atoms with Crippen LogP contribution in [0.15, 0.2) is 42.7 Å². The number of piperazine rings is 1. The standard InChI is InChI=1S/C29H31F5N6O2/c1-17-15-39(7-6-38(17)3)26-12-24(31)22(19-13-35-28(36-14-19)40-8-9-42-16-18(40)2)11-25(26)37-27(41)21-5-4-20(30)10-23(21)29(32,33)34/h4-5,10-14,17-18H,6-9,15-16H2,1-3H3,(H,37,41)/t17-,18+/m0/s1. The SMILES string of the molecule is C[C@@H]1COCCN1c1ncc(-c2cc(NC(=O)c3ccc(F)cc3C(F)(F)F)c(N3CCN(C)[C@@H](C)C3)cc2F)cn1. The van der Waals surface area contributed by atoms with E-state index in [1.54, 1.807) is 0 Å². The lowest BCUT2D eigenvalue weighted by Crippen LogP contribution is -2.50. The lowest BCUT2D eigenvalue weighted by atomic mass is 10.0. The van der Waals surface area contributed by atoms with Gasteiger partial charge in [0, 0.05) is 55.7 Å². The van der Waals surface area contributed by atoms with E-state index in [4.69, 9.17) is 4.74 Å². The molecule has 2 fully saturated rings. The minimum absolute atomic E-state index is 0.0569. The van der Waals surface area contributed by atoms with E-state index < -0.39 is 34.8 Å². The van der Waals surface area contributed by atoms with Gasteiger partial charge in [0.1, 0.15) is 11.6 Å². The second-order valence-electron chi connectivity index (χ2n) is 10.7. The molecule has 2 aliphatic rings. The van der Waals surface area contributed by atoms with Crippen molar-refractivity contribution in [2.45, 2.75) is 32.1 Å². The summed E-state index contributed by atoms with van der Waals surface area (Å²) in [6.07, 6.45) is -2.03. The summed E-state index contributed by atoms with van der Waals surface area (Å²) in [5.74, 6) is -2.37. The minimum atomic E-state index is -4.96. The van der Waals surface area contributed by atoms with Crippen molar-refractivity contribution in [2.75, 3.05) is 61.6 Å². The predicted molar refractivity (Wildman–Crippen MR) is 149 cm³/mol. The first-order valence-corrected chi connectivity index (χ1v) is 13.6. The third-order valence-corrected chi connectivity index (χ3v) is 7.74. The number of alkyl halides is 3. The van der Waals surface area contributed by atoms with Gasteiger partial charge in [-0.25, -0.2) is 18.7 Å². The van der Waals surface area contributed by atoms with E-state index in [9.17, 15) is 22.4 Å². The average molecular weight is 591 g/mol. The number of hydrogen-bond donors (Lipinski definition) is 1. The van der Waals surface area contributed by atoms with Crippen molar-refractivity contribution in [1.82, 2.24) is 14.9 Å². The number of nitrogens with zero attached hydrogens (tertiary/aromatic N) is 5. The molecule has 2 aliphatic heterocycles. The number of amides is 1. The number of hydrogen-bond acceptors (Lipinski definition) is 7. The molecule has 0 bridgehead atoms. The summed E-state index contributed by atoms with van der Waals surface area (Å²) >= 11 is 0. The molecule has 2 aromatic carbocycles. The number of anilines is 3. The highest BCUT2D eigenvalue weighted by Crippen LogP contribution is 2.37. The van der Waals surface area contributed by atoms with E-state index in [1.807, 2.05) is 30.7 Å². The Labute approximate surface area is 240 Å². The Hall–Kier alpha value is -3.84. The minimum Gasteiger partial charge on any atom is -0.377 e. The first-order chi connectivity index (χ1) is 19.9. The number of nitrogens with one attached hydrogen (secondary N) is 1. The molecule has 224 valence electrons. The number of ether oxygens (including phenoxy) is 1. The fourth-order valence-electron chi connectivity index (χ4n) is 5.18. The van der Waals surface area contributed by atoms with Gasteiger partial charge in [0.25, 0.3) is 5.91 Å². The summed E-state index contributed by atoms with van der Waals surface area (Å²) in [6, 6.07) is 4.65. The molecular formula is C29H31F5N6O2. The summed E-state index contributed by atoms with van der Waals surface area (Å²) in [5, 5.41) is 2.54. The zero-order chi connectivity index (χ0) is 30.2. The quantitative estimate of drug-likeness (QED) is 0.417. The fraction of sp³-hybridized carbons (Fsp3) is 0.414. The van der Waals surface area contributed by atoms with Gasteiger partial charge in [-0.2, -0.15) is 13.2 Å². The summed E-state index contributed by atoms with van der Waals surface area (Å²) < 4.78 is 75.8. The van der Waals surface area contributed by atoms with Crippen molar-refractivity contribution in [1.29, 1.82) is 0 Å². The summed E-state index contributed by atoms with van der Waals surface area (Å²) in [6.45, 7) is 7.30. The molecule has 3 aromatic rings. The maximum absolute atomic E-state index is 15.7. The number of morpholine rings is 1. The number of likely N-dealkylation sites (N-methyl/N-ethyl adjacent to an activating group) is 1. The molecule has 0 unspecified atom stereocenters. The number of rotatable bonds is 5. The molecule has 1 amide bonds. The van der Waals surface area contributed by atoms with Crippen molar-refractivity contribution >= 4 is 23.2 Å². The van der Waals surface area contributed by atoms with Crippen LogP contribution in [0.4, 0.5) is 39.3 Å². The molecule has 0 saturated carbocycles. The normalized spacial score (nSPS) is 20.1. The highest BCUT2D eigenvalue weighted by Gasteiger charge is 2.36. The zero-order valence-corrected chi connectivity index (χ0v) is 23.4. The first-order valence-electron chi connectivity index (χ1n) is 13.6. The lowest BCUT2D eigenvalue weighted by Gasteiger charge is -2.39. The Morgan fingerprint density at radius 2 is 1.76 bits per heavy atom. The largest absolute Gasteiger partial charge is 0.417 e. The molecule has 2 saturated heterocycles. The lowest BCUT2D eigenvalue weighted by molar-refractivity contribution is -0.138. The van der Waals surface area contributed by atoms with Gasteiger partial charge >= 0.3 is 6.18 Å². The number of aromatic nitrogens is 2. The van der Waals surface area contributed by atoms with Crippen molar-refractivity contribution < 1.29 is 31.5 Å². The van der Waals surface area contributed by atoms with Crippen LogP contribution in [0.1, 0.15) is 29.8 Å². The maximum Gasteiger partial charge on any atom is 0.417 e. The first kappa shape index (κ1) is 29.6. The molecular weight excluding hydrogens is 559 g/mol. The van der Waals surface area contributed by atoms with Gasteiger partial charge in [-0.15, -0.1) is 0 Å². The molecule has 0 spiro atoms. The van der Waals surface area contributed by atoms with Crippen molar-refractivity contribution in [3.63, 3.8) is 0 Å². The van der Waals surface area contributed by atoms with E-state index in [0.717, 1.165) is 12.1 Å².